The first-order valence-corrected chi connectivity index (χ1v) is 5.46. The van der Waals surface area contributed by atoms with Gasteiger partial charge in [-0.25, -0.2) is 0 Å². The van der Waals surface area contributed by atoms with Gasteiger partial charge in [0.1, 0.15) is 0 Å². The van der Waals surface area contributed by atoms with Gasteiger partial charge < -0.3 is 16.3 Å². The van der Waals surface area contributed by atoms with Gasteiger partial charge in [-0.2, -0.15) is 0 Å². The molecule has 4 nitrogen and oxygen atoms in total. The van der Waals surface area contributed by atoms with Crippen molar-refractivity contribution in [3.63, 3.8) is 0 Å². The molecule has 1 aliphatic carbocycles. The van der Waals surface area contributed by atoms with Gasteiger partial charge in [0.2, 0.25) is 0 Å². The second-order valence-electron chi connectivity index (χ2n) is 4.11. The van der Waals surface area contributed by atoms with Crippen molar-refractivity contribution >= 4 is 5.84 Å². The number of nitrogens with zero attached hydrogens (tertiary/aromatic N) is 1. The van der Waals surface area contributed by atoms with Crippen molar-refractivity contribution in [2.24, 2.45) is 16.8 Å². The summed E-state index contributed by atoms with van der Waals surface area (Å²) in [7, 11) is 0. The number of nitrogens with two attached hydrogens (primary N) is 1. The summed E-state index contributed by atoms with van der Waals surface area (Å²) in [6.45, 7) is 2.74. The summed E-state index contributed by atoms with van der Waals surface area (Å²) >= 11 is 0. The molecule has 1 rings (SSSR count). The normalized spacial score (nSPS) is 29.1. The SMILES string of the molecule is CCC1CCCC(NCC(N)=NO)C1. The van der Waals surface area contributed by atoms with E-state index in [9.17, 15) is 0 Å². The van der Waals surface area contributed by atoms with E-state index < -0.39 is 0 Å². The lowest BCUT2D eigenvalue weighted by Gasteiger charge is -2.29. The summed E-state index contributed by atoms with van der Waals surface area (Å²) < 4.78 is 0. The van der Waals surface area contributed by atoms with Crippen molar-refractivity contribution in [1.29, 1.82) is 0 Å². The molecule has 1 fully saturated rings. The van der Waals surface area contributed by atoms with Crippen LogP contribution in [-0.2, 0) is 0 Å². The van der Waals surface area contributed by atoms with Crippen LogP contribution in [0.3, 0.4) is 0 Å². The van der Waals surface area contributed by atoms with E-state index in [1.54, 1.807) is 0 Å². The van der Waals surface area contributed by atoms with Gasteiger partial charge in [-0.1, -0.05) is 31.3 Å². The Morgan fingerprint density at radius 1 is 1.57 bits per heavy atom. The number of oxime groups is 1. The molecule has 0 aromatic heterocycles. The number of nitrogens with one attached hydrogen (secondary N) is 1. The van der Waals surface area contributed by atoms with E-state index in [1.807, 2.05) is 0 Å². The highest BCUT2D eigenvalue weighted by atomic mass is 16.4. The Labute approximate surface area is 85.6 Å². The minimum Gasteiger partial charge on any atom is -0.409 e. The Bertz CT molecular complexity index is 194. The third-order valence-electron chi connectivity index (χ3n) is 3.06. The standard InChI is InChI=1S/C10H21N3O/c1-2-8-4-3-5-9(6-8)12-7-10(11)13-14/h8-9,12,14H,2-7H2,1H3,(H2,11,13). The van der Waals surface area contributed by atoms with Crippen LogP contribution in [0.4, 0.5) is 0 Å². The number of hydrogen-bond acceptors (Lipinski definition) is 3. The summed E-state index contributed by atoms with van der Waals surface area (Å²) in [5, 5.41) is 14.7. The third-order valence-corrected chi connectivity index (χ3v) is 3.06. The van der Waals surface area contributed by atoms with Gasteiger partial charge in [-0.05, 0) is 18.8 Å². The maximum atomic E-state index is 8.39. The molecule has 0 amide bonds. The molecule has 0 spiro atoms. The summed E-state index contributed by atoms with van der Waals surface area (Å²) in [5.41, 5.74) is 5.39. The number of hydrogen-bond donors (Lipinski definition) is 3. The molecule has 0 saturated heterocycles. The fraction of sp³-hybridized carbons (Fsp3) is 0.900. The minimum atomic E-state index is 0.267. The zero-order valence-electron chi connectivity index (χ0n) is 8.87. The van der Waals surface area contributed by atoms with E-state index in [2.05, 4.69) is 17.4 Å². The molecular formula is C10H21N3O. The molecule has 82 valence electrons. The van der Waals surface area contributed by atoms with Gasteiger partial charge in [0.05, 0.1) is 6.54 Å². The molecular weight excluding hydrogens is 178 g/mol. The zero-order valence-corrected chi connectivity index (χ0v) is 8.87. The lowest BCUT2D eigenvalue weighted by molar-refractivity contribution is 0.283. The van der Waals surface area contributed by atoms with Crippen LogP contribution in [-0.4, -0.2) is 23.6 Å². The van der Waals surface area contributed by atoms with Gasteiger partial charge in [-0.15, -0.1) is 0 Å². The lowest BCUT2D eigenvalue weighted by atomic mass is 9.84. The molecule has 2 unspecified atom stereocenters. The van der Waals surface area contributed by atoms with Gasteiger partial charge in [-0.3, -0.25) is 0 Å². The maximum Gasteiger partial charge on any atom is 0.153 e. The summed E-state index contributed by atoms with van der Waals surface area (Å²) in [5.74, 6) is 1.12. The molecule has 4 N–H and O–H groups in total. The van der Waals surface area contributed by atoms with Crippen LogP contribution in [0.5, 0.6) is 0 Å². The second-order valence-corrected chi connectivity index (χ2v) is 4.11. The Balaban J connectivity index is 2.24. The fourth-order valence-electron chi connectivity index (χ4n) is 2.13. The molecule has 4 heteroatoms. The monoisotopic (exact) mass is 199 g/mol. The maximum absolute atomic E-state index is 8.39. The van der Waals surface area contributed by atoms with Gasteiger partial charge in [0.25, 0.3) is 0 Å². The smallest absolute Gasteiger partial charge is 0.153 e. The molecule has 1 saturated carbocycles. The number of rotatable bonds is 4. The Kier molecular flexibility index (Phi) is 4.73. The average molecular weight is 199 g/mol. The molecule has 2 atom stereocenters. The molecule has 0 heterocycles. The van der Waals surface area contributed by atoms with E-state index in [0.29, 0.717) is 12.6 Å². The zero-order chi connectivity index (χ0) is 10.4. The van der Waals surface area contributed by atoms with Crippen molar-refractivity contribution in [2.75, 3.05) is 6.54 Å². The fourth-order valence-corrected chi connectivity index (χ4v) is 2.13. The van der Waals surface area contributed by atoms with Crippen LogP contribution < -0.4 is 11.1 Å². The lowest BCUT2D eigenvalue weighted by Crippen LogP contribution is -2.39. The van der Waals surface area contributed by atoms with E-state index in [0.717, 1.165) is 5.92 Å². The van der Waals surface area contributed by atoms with Crippen LogP contribution in [0.1, 0.15) is 39.0 Å². The van der Waals surface area contributed by atoms with Gasteiger partial charge >= 0.3 is 0 Å². The Morgan fingerprint density at radius 2 is 2.36 bits per heavy atom. The van der Waals surface area contributed by atoms with Crippen LogP contribution in [0.25, 0.3) is 0 Å². The minimum absolute atomic E-state index is 0.267. The van der Waals surface area contributed by atoms with Crippen LogP contribution in [0.2, 0.25) is 0 Å². The van der Waals surface area contributed by atoms with Crippen molar-refractivity contribution in [2.45, 2.75) is 45.1 Å². The molecule has 1 aliphatic rings. The second kappa shape index (κ2) is 5.86. The van der Waals surface area contributed by atoms with Crippen LogP contribution in [0, 0.1) is 5.92 Å². The van der Waals surface area contributed by atoms with Crippen molar-refractivity contribution in [1.82, 2.24) is 5.32 Å². The first-order chi connectivity index (χ1) is 6.76. The molecule has 0 bridgehead atoms. The van der Waals surface area contributed by atoms with Crippen molar-refractivity contribution in [3.05, 3.63) is 0 Å². The predicted octanol–water partition coefficient (Wildman–Crippen LogP) is 1.29. The first-order valence-electron chi connectivity index (χ1n) is 5.46. The highest BCUT2D eigenvalue weighted by Crippen LogP contribution is 2.26. The Morgan fingerprint density at radius 3 is 3.00 bits per heavy atom. The molecule has 0 aromatic rings. The molecule has 0 radical (unpaired) electrons. The average Bonchev–Trinajstić information content (AvgIpc) is 2.26. The van der Waals surface area contributed by atoms with Gasteiger partial charge in [0.15, 0.2) is 5.84 Å². The van der Waals surface area contributed by atoms with Crippen LogP contribution in [0.15, 0.2) is 5.16 Å². The quantitative estimate of drug-likeness (QED) is 0.276. The largest absolute Gasteiger partial charge is 0.409 e. The van der Waals surface area contributed by atoms with Crippen LogP contribution >= 0.6 is 0 Å². The number of amidine groups is 1. The molecule has 14 heavy (non-hydrogen) atoms. The van der Waals surface area contributed by atoms with Crippen molar-refractivity contribution < 1.29 is 5.21 Å². The molecule has 0 aromatic carbocycles. The van der Waals surface area contributed by atoms with E-state index in [-0.39, 0.29) is 5.84 Å². The van der Waals surface area contributed by atoms with Gasteiger partial charge in [0, 0.05) is 6.04 Å². The topological polar surface area (TPSA) is 70.6 Å². The highest BCUT2D eigenvalue weighted by Gasteiger charge is 2.20. The summed E-state index contributed by atoms with van der Waals surface area (Å²) in [6.07, 6.45) is 6.37. The van der Waals surface area contributed by atoms with E-state index in [1.165, 1.54) is 32.1 Å². The summed E-state index contributed by atoms with van der Waals surface area (Å²) in [4.78, 5) is 0. The Hall–Kier alpha value is -0.770. The third kappa shape index (κ3) is 3.54. The van der Waals surface area contributed by atoms with Crippen molar-refractivity contribution in [3.8, 4) is 0 Å². The van der Waals surface area contributed by atoms with E-state index >= 15 is 0 Å². The predicted molar refractivity (Wildman–Crippen MR) is 57.4 cm³/mol. The molecule has 0 aliphatic heterocycles. The van der Waals surface area contributed by atoms with E-state index in [4.69, 9.17) is 10.9 Å². The highest BCUT2D eigenvalue weighted by molar-refractivity contribution is 5.81. The first kappa shape index (κ1) is 11.3. The summed E-state index contributed by atoms with van der Waals surface area (Å²) in [6, 6.07) is 0.550.